The average Bonchev–Trinajstić information content (AvgIpc) is 2.79. The van der Waals surface area contributed by atoms with Crippen LogP contribution in [0.4, 0.5) is 0 Å². The summed E-state index contributed by atoms with van der Waals surface area (Å²) < 4.78 is 11.0. The van der Waals surface area contributed by atoms with Crippen LogP contribution in [-0.4, -0.2) is 18.7 Å². The molecule has 0 atom stereocenters. The number of nitrogens with zero attached hydrogens (tertiary/aromatic N) is 1. The number of benzene rings is 1. The molecule has 0 fully saturated rings. The summed E-state index contributed by atoms with van der Waals surface area (Å²) in [6.07, 6.45) is 0.781. The molecule has 1 heterocycles. The lowest BCUT2D eigenvalue weighted by Gasteiger charge is -2.09. The smallest absolute Gasteiger partial charge is 0.161 e. The van der Waals surface area contributed by atoms with Crippen molar-refractivity contribution in [2.24, 2.45) is 5.73 Å². The van der Waals surface area contributed by atoms with E-state index in [2.05, 4.69) is 4.98 Å². The van der Waals surface area contributed by atoms with Crippen molar-refractivity contribution in [1.82, 2.24) is 4.98 Å². The third-order valence-electron chi connectivity index (χ3n) is 2.76. The van der Waals surface area contributed by atoms with Gasteiger partial charge in [0.1, 0.15) is 0 Å². The van der Waals surface area contributed by atoms with Crippen molar-refractivity contribution in [2.75, 3.05) is 13.7 Å². The summed E-state index contributed by atoms with van der Waals surface area (Å²) in [6, 6.07) is 7.63. The molecule has 0 spiro atoms. The van der Waals surface area contributed by atoms with Crippen LogP contribution in [0.2, 0.25) is 0 Å². The van der Waals surface area contributed by atoms with Crippen LogP contribution in [0.5, 0.6) is 11.5 Å². The van der Waals surface area contributed by atoms with E-state index < -0.39 is 0 Å². The summed E-state index contributed by atoms with van der Waals surface area (Å²) in [5, 5.41) is 1.06. The molecular weight excluding hydrogens is 260 g/mol. The Bertz CT molecular complexity index is 540. The third-order valence-corrected chi connectivity index (χ3v) is 4.00. The number of thiazole rings is 1. The van der Waals surface area contributed by atoms with Crippen molar-refractivity contribution in [3.8, 4) is 11.5 Å². The van der Waals surface area contributed by atoms with Crippen molar-refractivity contribution in [1.29, 1.82) is 0 Å². The maximum absolute atomic E-state index is 5.73. The van der Waals surface area contributed by atoms with E-state index >= 15 is 0 Å². The lowest BCUT2D eigenvalue weighted by atomic mass is 10.3. The number of ether oxygens (including phenoxy) is 2. The van der Waals surface area contributed by atoms with Crippen LogP contribution in [0, 0.1) is 6.92 Å². The molecule has 2 rings (SSSR count). The van der Waals surface area contributed by atoms with Gasteiger partial charge in [-0.3, -0.25) is 0 Å². The highest BCUT2D eigenvalue weighted by molar-refractivity contribution is 7.11. The summed E-state index contributed by atoms with van der Waals surface area (Å²) >= 11 is 1.66. The topological polar surface area (TPSA) is 57.4 Å². The van der Waals surface area contributed by atoms with Gasteiger partial charge in [0.05, 0.1) is 24.4 Å². The Morgan fingerprint density at radius 2 is 2.00 bits per heavy atom. The summed E-state index contributed by atoms with van der Waals surface area (Å²) in [5.74, 6) is 1.51. The van der Waals surface area contributed by atoms with Gasteiger partial charge in [-0.15, -0.1) is 11.3 Å². The Hall–Kier alpha value is -1.59. The van der Waals surface area contributed by atoms with Crippen molar-refractivity contribution >= 4 is 11.3 Å². The van der Waals surface area contributed by atoms with Crippen LogP contribution < -0.4 is 15.2 Å². The van der Waals surface area contributed by atoms with E-state index in [9.17, 15) is 0 Å². The van der Waals surface area contributed by atoms with E-state index in [1.807, 2.05) is 31.2 Å². The van der Waals surface area contributed by atoms with Crippen molar-refractivity contribution in [3.05, 3.63) is 39.8 Å². The molecule has 102 valence electrons. The molecule has 19 heavy (non-hydrogen) atoms. The average molecular weight is 278 g/mol. The quantitative estimate of drug-likeness (QED) is 0.882. The molecular formula is C14H18N2O2S. The van der Waals surface area contributed by atoms with Crippen molar-refractivity contribution in [2.45, 2.75) is 19.9 Å². The molecule has 0 saturated carbocycles. The van der Waals surface area contributed by atoms with Gasteiger partial charge in [0.25, 0.3) is 0 Å². The molecule has 0 amide bonds. The minimum Gasteiger partial charge on any atom is -0.493 e. The maximum Gasteiger partial charge on any atom is 0.161 e. The van der Waals surface area contributed by atoms with Gasteiger partial charge in [-0.1, -0.05) is 12.1 Å². The monoisotopic (exact) mass is 278 g/mol. The van der Waals surface area contributed by atoms with Crippen LogP contribution >= 0.6 is 11.3 Å². The molecule has 0 aliphatic heterocycles. The van der Waals surface area contributed by atoms with Crippen LogP contribution in [-0.2, 0) is 13.0 Å². The normalized spacial score (nSPS) is 10.5. The largest absolute Gasteiger partial charge is 0.493 e. The first-order valence-corrected chi connectivity index (χ1v) is 6.97. The molecule has 2 N–H and O–H groups in total. The molecule has 0 bridgehead atoms. The molecule has 2 aromatic rings. The zero-order valence-electron chi connectivity index (χ0n) is 11.2. The molecule has 1 aromatic heterocycles. The summed E-state index contributed by atoms with van der Waals surface area (Å²) in [7, 11) is 1.64. The highest BCUT2D eigenvalue weighted by atomic mass is 32.1. The fourth-order valence-electron chi connectivity index (χ4n) is 1.77. The second-order valence-corrected chi connectivity index (χ2v) is 5.24. The molecule has 0 unspecified atom stereocenters. The van der Waals surface area contributed by atoms with E-state index in [0.717, 1.165) is 33.5 Å². The van der Waals surface area contributed by atoms with E-state index in [-0.39, 0.29) is 0 Å². The SMILES string of the molecule is COc1ccccc1OCCc1nc(C)c(CN)s1. The fraction of sp³-hybridized carbons (Fsp3) is 0.357. The maximum atomic E-state index is 5.73. The van der Waals surface area contributed by atoms with Crippen LogP contribution in [0.3, 0.4) is 0 Å². The lowest BCUT2D eigenvalue weighted by molar-refractivity contribution is 0.297. The van der Waals surface area contributed by atoms with Gasteiger partial charge in [-0.2, -0.15) is 0 Å². The predicted molar refractivity (Wildman–Crippen MR) is 76.9 cm³/mol. The Morgan fingerprint density at radius 1 is 1.26 bits per heavy atom. The number of rotatable bonds is 6. The number of hydrogen-bond donors (Lipinski definition) is 1. The number of aryl methyl sites for hydroxylation is 1. The van der Waals surface area contributed by atoms with Gasteiger partial charge in [0, 0.05) is 17.8 Å². The van der Waals surface area contributed by atoms with Gasteiger partial charge in [-0.05, 0) is 19.1 Å². The first-order valence-electron chi connectivity index (χ1n) is 6.15. The van der Waals surface area contributed by atoms with Gasteiger partial charge in [-0.25, -0.2) is 4.98 Å². The first-order chi connectivity index (χ1) is 9.24. The van der Waals surface area contributed by atoms with Crippen LogP contribution in [0.1, 0.15) is 15.6 Å². The Labute approximate surface area is 117 Å². The summed E-state index contributed by atoms with van der Waals surface area (Å²) in [5.41, 5.74) is 6.67. The van der Waals surface area contributed by atoms with Crippen LogP contribution in [0.15, 0.2) is 24.3 Å². The molecule has 4 nitrogen and oxygen atoms in total. The standard InChI is InChI=1S/C14H18N2O2S/c1-10-13(9-15)19-14(16-10)7-8-18-12-6-4-3-5-11(12)17-2/h3-6H,7-9,15H2,1-2H3. The van der Waals surface area contributed by atoms with E-state index in [0.29, 0.717) is 13.2 Å². The first kappa shape index (κ1) is 13.8. The van der Waals surface area contributed by atoms with Gasteiger partial charge in [0.15, 0.2) is 11.5 Å². The lowest BCUT2D eigenvalue weighted by Crippen LogP contribution is -2.02. The molecule has 0 aliphatic rings. The summed E-state index contributed by atoms with van der Waals surface area (Å²) in [6.45, 7) is 3.12. The van der Waals surface area contributed by atoms with Crippen molar-refractivity contribution in [3.63, 3.8) is 0 Å². The third kappa shape index (κ3) is 3.45. The predicted octanol–water partition coefficient (Wildman–Crippen LogP) is 2.54. The number of nitrogens with two attached hydrogens (primary N) is 1. The summed E-state index contributed by atoms with van der Waals surface area (Å²) in [4.78, 5) is 5.63. The van der Waals surface area contributed by atoms with E-state index in [4.69, 9.17) is 15.2 Å². The molecule has 5 heteroatoms. The van der Waals surface area contributed by atoms with Gasteiger partial charge < -0.3 is 15.2 Å². The number of para-hydroxylation sites is 2. The fourth-order valence-corrected chi connectivity index (χ4v) is 2.70. The second-order valence-electron chi connectivity index (χ2n) is 4.07. The van der Waals surface area contributed by atoms with Gasteiger partial charge >= 0.3 is 0 Å². The zero-order chi connectivity index (χ0) is 13.7. The second kappa shape index (κ2) is 6.54. The molecule has 0 aliphatic carbocycles. The minimum absolute atomic E-state index is 0.552. The highest BCUT2D eigenvalue weighted by Crippen LogP contribution is 2.26. The zero-order valence-corrected chi connectivity index (χ0v) is 12.0. The van der Waals surface area contributed by atoms with E-state index in [1.165, 1.54) is 0 Å². The number of aromatic nitrogens is 1. The van der Waals surface area contributed by atoms with Crippen LogP contribution in [0.25, 0.3) is 0 Å². The molecule has 0 radical (unpaired) electrons. The highest BCUT2D eigenvalue weighted by Gasteiger charge is 2.07. The molecule has 1 aromatic carbocycles. The number of methoxy groups -OCH3 is 1. The van der Waals surface area contributed by atoms with E-state index in [1.54, 1.807) is 18.4 Å². The Balaban J connectivity index is 1.92. The van der Waals surface area contributed by atoms with Crippen molar-refractivity contribution < 1.29 is 9.47 Å². The number of hydrogen-bond acceptors (Lipinski definition) is 5. The minimum atomic E-state index is 0.552. The molecule has 0 saturated heterocycles. The Morgan fingerprint density at radius 3 is 2.63 bits per heavy atom. The van der Waals surface area contributed by atoms with Gasteiger partial charge in [0.2, 0.25) is 0 Å². The Kier molecular flexibility index (Phi) is 4.76.